The molecule has 0 aliphatic carbocycles. The minimum atomic E-state index is -1.66. The summed E-state index contributed by atoms with van der Waals surface area (Å²) < 4.78 is 11.1. The Labute approximate surface area is 417 Å². The number of hydrogen-bond acceptors (Lipinski definition) is 10. The van der Waals surface area contributed by atoms with E-state index in [1.807, 2.05) is 0 Å². The lowest BCUT2D eigenvalue weighted by atomic mass is 9.98. The van der Waals surface area contributed by atoms with Crippen molar-refractivity contribution in [2.45, 2.75) is 332 Å². The van der Waals surface area contributed by atoms with Gasteiger partial charge in [-0.15, -0.1) is 0 Å². The van der Waals surface area contributed by atoms with E-state index < -0.39 is 74.2 Å². The predicted octanol–water partition coefficient (Wildman–Crippen LogP) is 12.0. The van der Waals surface area contributed by atoms with E-state index >= 15 is 0 Å². The van der Waals surface area contributed by atoms with Crippen LogP contribution >= 0.6 is 0 Å². The normalized spacial score (nSPS) is 20.5. The molecule has 1 heterocycles. The average Bonchev–Trinajstić information content (AvgIpc) is 3.34. The molecule has 1 amide bonds. The summed E-state index contributed by atoms with van der Waals surface area (Å²) in [4.78, 5) is 13.2. The van der Waals surface area contributed by atoms with Gasteiger partial charge in [0, 0.05) is 0 Å². The lowest BCUT2D eigenvalue weighted by Gasteiger charge is -2.40. The number of rotatable bonds is 50. The van der Waals surface area contributed by atoms with Crippen LogP contribution in [-0.2, 0) is 14.3 Å². The van der Waals surface area contributed by atoms with Crippen molar-refractivity contribution in [2.24, 2.45) is 0 Å². The van der Waals surface area contributed by atoms with Crippen molar-refractivity contribution in [2.75, 3.05) is 13.2 Å². The molecule has 1 saturated heterocycles. The molecule has 1 rings (SSSR count). The molecular formula is C57H111NO10. The molecule has 9 atom stereocenters. The van der Waals surface area contributed by atoms with Gasteiger partial charge in [-0.3, -0.25) is 4.79 Å². The molecule has 68 heavy (non-hydrogen) atoms. The summed E-state index contributed by atoms with van der Waals surface area (Å²) >= 11 is 0. The van der Waals surface area contributed by atoms with Gasteiger partial charge in [-0.2, -0.15) is 0 Å². The fourth-order valence-corrected chi connectivity index (χ4v) is 9.56. The molecule has 1 aliphatic rings. The van der Waals surface area contributed by atoms with Crippen molar-refractivity contribution in [3.63, 3.8) is 0 Å². The Morgan fingerprint density at radius 1 is 0.500 bits per heavy atom. The molecule has 0 aromatic rings. The number of unbranched alkanes of at least 4 members (excludes halogenated alkanes) is 36. The first-order valence-corrected chi connectivity index (χ1v) is 29.1. The van der Waals surface area contributed by atoms with Gasteiger partial charge in [-0.05, 0) is 38.5 Å². The lowest BCUT2D eigenvalue weighted by Crippen LogP contribution is -2.60. The van der Waals surface area contributed by atoms with Gasteiger partial charge in [0.05, 0.1) is 25.4 Å². The van der Waals surface area contributed by atoms with Gasteiger partial charge in [0.25, 0.3) is 0 Å². The fraction of sp³-hybridized carbons (Fsp3) is 0.947. The number of aliphatic hydroxyl groups is 7. The van der Waals surface area contributed by atoms with Crippen LogP contribution in [0.5, 0.6) is 0 Å². The molecule has 404 valence electrons. The Hall–Kier alpha value is -1.15. The third kappa shape index (κ3) is 35.1. The summed E-state index contributed by atoms with van der Waals surface area (Å²) in [6.45, 7) is 3.48. The van der Waals surface area contributed by atoms with E-state index in [-0.39, 0.29) is 12.8 Å². The highest BCUT2D eigenvalue weighted by Gasteiger charge is 2.44. The lowest BCUT2D eigenvalue weighted by molar-refractivity contribution is -0.303. The van der Waals surface area contributed by atoms with Gasteiger partial charge in [0.15, 0.2) is 6.29 Å². The molecule has 11 nitrogen and oxygen atoms in total. The van der Waals surface area contributed by atoms with Crippen LogP contribution in [0.25, 0.3) is 0 Å². The minimum Gasteiger partial charge on any atom is -0.394 e. The van der Waals surface area contributed by atoms with Gasteiger partial charge in [-0.25, -0.2) is 0 Å². The van der Waals surface area contributed by atoms with Crippen LogP contribution in [0.2, 0.25) is 0 Å². The second-order valence-electron chi connectivity index (χ2n) is 20.7. The molecule has 1 aliphatic heterocycles. The summed E-state index contributed by atoms with van der Waals surface area (Å²) in [7, 11) is 0. The summed E-state index contributed by atoms with van der Waals surface area (Å²) in [6.07, 6.45) is 42.6. The second kappa shape index (κ2) is 46.9. The van der Waals surface area contributed by atoms with Crippen LogP contribution in [-0.4, -0.2) is 110 Å². The molecule has 0 saturated carbocycles. The van der Waals surface area contributed by atoms with Crippen LogP contribution in [0.1, 0.15) is 277 Å². The molecule has 0 aromatic carbocycles. The first-order chi connectivity index (χ1) is 33.2. The number of allylic oxidation sites excluding steroid dienone is 2. The number of aliphatic hydroxyl groups excluding tert-OH is 7. The number of carbonyl (C=O) groups is 1. The monoisotopic (exact) mass is 970 g/mol. The Kier molecular flexibility index (Phi) is 44.7. The number of amides is 1. The van der Waals surface area contributed by atoms with Gasteiger partial charge < -0.3 is 50.5 Å². The molecule has 1 fully saturated rings. The van der Waals surface area contributed by atoms with Crippen molar-refractivity contribution in [1.29, 1.82) is 0 Å². The third-order valence-electron chi connectivity index (χ3n) is 14.3. The summed E-state index contributed by atoms with van der Waals surface area (Å²) in [5.74, 6) is -0.700. The smallest absolute Gasteiger partial charge is 0.249 e. The number of carbonyl (C=O) groups excluding carboxylic acids is 1. The van der Waals surface area contributed by atoms with Crippen LogP contribution in [0.4, 0.5) is 0 Å². The molecule has 8 N–H and O–H groups in total. The van der Waals surface area contributed by atoms with E-state index in [0.717, 1.165) is 38.5 Å². The van der Waals surface area contributed by atoms with E-state index in [9.17, 15) is 40.5 Å². The maximum absolute atomic E-state index is 13.2. The van der Waals surface area contributed by atoms with Crippen LogP contribution in [0.3, 0.4) is 0 Å². The Bertz CT molecular complexity index is 1110. The van der Waals surface area contributed by atoms with Crippen molar-refractivity contribution in [3.8, 4) is 0 Å². The zero-order valence-electron chi connectivity index (χ0n) is 44.1. The predicted molar refractivity (Wildman–Crippen MR) is 279 cm³/mol. The van der Waals surface area contributed by atoms with E-state index in [4.69, 9.17) is 9.47 Å². The Balaban J connectivity index is 2.33. The third-order valence-corrected chi connectivity index (χ3v) is 14.3. The topological polar surface area (TPSA) is 189 Å². The fourth-order valence-electron chi connectivity index (χ4n) is 9.56. The molecular weight excluding hydrogens is 859 g/mol. The molecule has 0 radical (unpaired) electrons. The van der Waals surface area contributed by atoms with Crippen LogP contribution < -0.4 is 5.32 Å². The maximum atomic E-state index is 13.2. The maximum Gasteiger partial charge on any atom is 0.249 e. The SMILES string of the molecule is CCCCCCCCCCCCCCCCC/C=C/CCCC(O)C(O)C(COC1OC(CO)C(O)C(O)C1O)NC(=O)C(O)CCCCCCCCCCCCCCCCCCCCCCC. The molecule has 0 bridgehead atoms. The second-order valence-corrected chi connectivity index (χ2v) is 20.7. The molecule has 9 unspecified atom stereocenters. The van der Waals surface area contributed by atoms with Crippen molar-refractivity contribution >= 4 is 5.91 Å². The zero-order chi connectivity index (χ0) is 49.7. The highest BCUT2D eigenvalue weighted by atomic mass is 16.7. The van der Waals surface area contributed by atoms with Gasteiger partial charge in [0.1, 0.15) is 36.6 Å². The van der Waals surface area contributed by atoms with Gasteiger partial charge in [-0.1, -0.05) is 251 Å². The standard InChI is InChI=1S/C57H111NO10/c1-3-5-7-9-11-13-15-17-19-21-23-25-27-29-31-33-35-37-39-41-43-45-50(61)56(66)58-48(47-67-57-55(65)54(64)53(63)51(46-59)68-57)52(62)49(60)44-42-40-38-36-34-32-30-28-26-24-22-20-18-16-14-12-10-8-6-4-2/h36,38,48-55,57,59-65H,3-35,37,39-47H2,1-2H3,(H,58,66)/b38-36+. The number of ether oxygens (including phenoxy) is 2. The Morgan fingerprint density at radius 3 is 1.26 bits per heavy atom. The molecule has 0 spiro atoms. The average molecular weight is 971 g/mol. The van der Waals surface area contributed by atoms with Crippen molar-refractivity contribution in [3.05, 3.63) is 12.2 Å². The first-order valence-electron chi connectivity index (χ1n) is 29.1. The number of hydrogen-bond donors (Lipinski definition) is 8. The summed E-state index contributed by atoms with van der Waals surface area (Å²) in [6, 6.07) is -1.18. The highest BCUT2D eigenvalue weighted by Crippen LogP contribution is 2.23. The number of nitrogens with one attached hydrogen (secondary N) is 1. The quantitative estimate of drug-likeness (QED) is 0.0215. The first kappa shape index (κ1) is 64.9. The van der Waals surface area contributed by atoms with Crippen molar-refractivity contribution in [1.82, 2.24) is 5.32 Å². The largest absolute Gasteiger partial charge is 0.394 e. The highest BCUT2D eigenvalue weighted by molar-refractivity contribution is 5.80. The van der Waals surface area contributed by atoms with Gasteiger partial charge in [0.2, 0.25) is 5.91 Å². The van der Waals surface area contributed by atoms with Gasteiger partial charge >= 0.3 is 0 Å². The van der Waals surface area contributed by atoms with Crippen LogP contribution in [0.15, 0.2) is 12.2 Å². The van der Waals surface area contributed by atoms with E-state index in [0.29, 0.717) is 12.8 Å². The summed E-state index contributed by atoms with van der Waals surface area (Å²) in [5, 5.41) is 76.1. The van der Waals surface area contributed by atoms with Crippen molar-refractivity contribution < 1.29 is 50.0 Å². The zero-order valence-corrected chi connectivity index (χ0v) is 44.1. The molecule has 11 heteroatoms. The Morgan fingerprint density at radius 2 is 0.868 bits per heavy atom. The molecule has 0 aromatic heterocycles. The summed E-state index contributed by atoms with van der Waals surface area (Å²) in [5.41, 5.74) is 0. The van der Waals surface area contributed by atoms with E-state index in [1.54, 1.807) is 0 Å². The van der Waals surface area contributed by atoms with E-state index in [2.05, 4.69) is 31.3 Å². The minimum absolute atomic E-state index is 0.259. The van der Waals surface area contributed by atoms with E-state index in [1.165, 1.54) is 199 Å². The van der Waals surface area contributed by atoms with Crippen LogP contribution in [0, 0.1) is 0 Å².